The van der Waals surface area contributed by atoms with Crippen LogP contribution in [0.4, 0.5) is 0 Å². The van der Waals surface area contributed by atoms with Crippen LogP contribution in [0.2, 0.25) is 0 Å². The molecule has 8 heteroatoms. The third-order valence-electron chi connectivity index (χ3n) is 3.77. The fourth-order valence-corrected chi connectivity index (χ4v) is 3.33. The molecule has 2 rings (SSSR count). The zero-order chi connectivity index (χ0) is 19.9. The molecule has 27 heavy (non-hydrogen) atoms. The van der Waals surface area contributed by atoms with Crippen molar-refractivity contribution in [2.24, 2.45) is 4.40 Å². The van der Waals surface area contributed by atoms with Gasteiger partial charge in [0.1, 0.15) is 0 Å². The van der Waals surface area contributed by atoms with Crippen LogP contribution in [0.1, 0.15) is 24.0 Å². The van der Waals surface area contributed by atoms with Gasteiger partial charge >= 0.3 is 11.7 Å². The Bertz CT molecular complexity index is 991. The van der Waals surface area contributed by atoms with Crippen LogP contribution in [-0.2, 0) is 19.6 Å². The van der Waals surface area contributed by atoms with E-state index < -0.39 is 16.0 Å². The lowest BCUT2D eigenvalue weighted by Crippen LogP contribution is -2.20. The molecule has 140 valence electrons. The molecule has 0 N–H and O–H groups in total. The van der Waals surface area contributed by atoms with Gasteiger partial charge in [0.15, 0.2) is 5.71 Å². The molecular formula is C19H19N3O4S. The Morgan fingerprint density at radius 3 is 2.26 bits per heavy atom. The maximum atomic E-state index is 12.7. The number of methoxy groups -OCH3 is 1. The number of esters is 1. The first-order chi connectivity index (χ1) is 12.9. The minimum absolute atomic E-state index is 0.0202. The van der Waals surface area contributed by atoms with Gasteiger partial charge in [0.25, 0.3) is 10.0 Å². The minimum Gasteiger partial charge on any atom is -0.469 e. The van der Waals surface area contributed by atoms with Crippen LogP contribution in [0.25, 0.3) is 5.53 Å². The summed E-state index contributed by atoms with van der Waals surface area (Å²) in [5, 5.41) is 0. The molecule has 0 fully saturated rings. The number of nitrogens with zero attached hydrogens (tertiary/aromatic N) is 3. The largest absolute Gasteiger partial charge is 0.469 e. The lowest BCUT2D eigenvalue weighted by atomic mass is 10.0. The van der Waals surface area contributed by atoms with Gasteiger partial charge in [0.05, 0.1) is 24.8 Å². The molecule has 0 saturated heterocycles. The van der Waals surface area contributed by atoms with Gasteiger partial charge < -0.3 is 10.3 Å². The molecule has 0 unspecified atom stereocenters. The summed E-state index contributed by atoms with van der Waals surface area (Å²) in [7, 11) is -2.80. The fraction of sp³-hybridized carbons (Fsp3) is 0.211. The predicted octanol–water partition coefficient (Wildman–Crippen LogP) is 2.80. The van der Waals surface area contributed by atoms with Crippen LogP contribution in [-0.4, -0.2) is 37.7 Å². The molecule has 0 aromatic heterocycles. The summed E-state index contributed by atoms with van der Waals surface area (Å²) in [5.74, 6) is -0.509. The fourth-order valence-electron chi connectivity index (χ4n) is 2.29. The smallest absolute Gasteiger partial charge is 0.319 e. The zero-order valence-corrected chi connectivity index (χ0v) is 15.8. The van der Waals surface area contributed by atoms with E-state index in [1.165, 1.54) is 19.2 Å². The first kappa shape index (κ1) is 20.2. The standard InChI is InChI=1S/C19H19N3O4S/c1-14-8-10-16(11-9-14)27(24,25)22-19(15-6-4-3-5-7-15)17(21-20)12-13-18(23)26-2/h3-11H,12-13H2,1-2H3/b22-19+. The van der Waals surface area contributed by atoms with Crippen LogP contribution in [0.5, 0.6) is 0 Å². The second-order valence-electron chi connectivity index (χ2n) is 5.72. The van der Waals surface area contributed by atoms with Gasteiger partial charge in [0.2, 0.25) is 0 Å². The summed E-state index contributed by atoms with van der Waals surface area (Å²) < 4.78 is 33.9. The van der Waals surface area contributed by atoms with E-state index in [2.05, 4.69) is 13.9 Å². The van der Waals surface area contributed by atoms with Crippen molar-refractivity contribution in [3.05, 3.63) is 71.3 Å². The number of benzene rings is 2. The number of aryl methyl sites for hydroxylation is 1. The van der Waals surface area contributed by atoms with Gasteiger partial charge in [-0.3, -0.25) is 4.79 Å². The van der Waals surface area contributed by atoms with Crippen molar-refractivity contribution >= 4 is 27.4 Å². The number of sulfonamides is 1. The Kier molecular flexibility index (Phi) is 6.76. The lowest BCUT2D eigenvalue weighted by Gasteiger charge is -2.05. The van der Waals surface area contributed by atoms with Gasteiger partial charge in [-0.25, -0.2) is 0 Å². The van der Waals surface area contributed by atoms with E-state index in [1.807, 2.05) is 6.92 Å². The van der Waals surface area contributed by atoms with E-state index in [0.717, 1.165) is 5.56 Å². The molecule has 0 aliphatic carbocycles. The van der Waals surface area contributed by atoms with Gasteiger partial charge in [-0.2, -0.15) is 17.6 Å². The molecule has 2 aromatic carbocycles. The first-order valence-corrected chi connectivity index (χ1v) is 9.56. The third-order valence-corrected chi connectivity index (χ3v) is 5.06. The van der Waals surface area contributed by atoms with Gasteiger partial charge in [-0.1, -0.05) is 48.0 Å². The Hall–Kier alpha value is -3.09. The van der Waals surface area contributed by atoms with Crippen molar-refractivity contribution < 1.29 is 22.7 Å². The van der Waals surface area contributed by atoms with Crippen LogP contribution < -0.4 is 0 Å². The number of hydrogen-bond acceptors (Lipinski definition) is 4. The number of hydrogen-bond donors (Lipinski definition) is 0. The monoisotopic (exact) mass is 385 g/mol. The van der Waals surface area contributed by atoms with Crippen LogP contribution in [0.15, 0.2) is 63.9 Å². The molecule has 0 aliphatic heterocycles. The summed E-state index contributed by atoms with van der Waals surface area (Å²) in [6, 6.07) is 14.7. The second kappa shape index (κ2) is 9.02. The van der Waals surface area contributed by atoms with Crippen molar-refractivity contribution in [2.75, 3.05) is 7.11 Å². The summed E-state index contributed by atoms with van der Waals surface area (Å²) >= 11 is 0. The molecule has 7 nitrogen and oxygen atoms in total. The van der Waals surface area contributed by atoms with E-state index in [1.54, 1.807) is 42.5 Å². The molecule has 0 saturated carbocycles. The van der Waals surface area contributed by atoms with Crippen LogP contribution in [0.3, 0.4) is 0 Å². The summed E-state index contributed by atoms with van der Waals surface area (Å²) in [6.45, 7) is 1.85. The quantitative estimate of drug-likeness (QED) is 0.316. The van der Waals surface area contributed by atoms with Crippen molar-refractivity contribution in [3.63, 3.8) is 0 Å². The van der Waals surface area contributed by atoms with Crippen molar-refractivity contribution in [1.29, 1.82) is 0 Å². The van der Waals surface area contributed by atoms with Gasteiger partial charge in [-0.05, 0) is 19.1 Å². The molecule has 0 spiro atoms. The zero-order valence-electron chi connectivity index (χ0n) is 15.0. The molecule has 0 amide bonds. The van der Waals surface area contributed by atoms with Gasteiger partial charge in [-0.15, -0.1) is 0 Å². The Morgan fingerprint density at radius 2 is 1.70 bits per heavy atom. The molecule has 0 bridgehead atoms. The highest BCUT2D eigenvalue weighted by molar-refractivity contribution is 7.90. The predicted molar refractivity (Wildman–Crippen MR) is 101 cm³/mol. The normalized spacial score (nSPS) is 11.6. The SMILES string of the molecule is COC(=O)CCC(=[N+]=[N-])/C(=N/S(=O)(=O)c1ccc(C)cc1)c1ccccc1. The number of carbonyl (C=O) groups excluding carboxylic acids is 1. The molecule has 0 radical (unpaired) electrons. The van der Waals surface area contributed by atoms with E-state index in [4.69, 9.17) is 0 Å². The Balaban J connectivity index is 2.52. The number of carbonyl (C=O) groups is 1. The van der Waals surface area contributed by atoms with Crippen molar-refractivity contribution in [3.8, 4) is 0 Å². The summed E-state index contributed by atoms with van der Waals surface area (Å²) in [6.07, 6.45) is -0.105. The molecular weight excluding hydrogens is 366 g/mol. The van der Waals surface area contributed by atoms with E-state index in [-0.39, 0.29) is 29.2 Å². The van der Waals surface area contributed by atoms with E-state index >= 15 is 0 Å². The van der Waals surface area contributed by atoms with Crippen molar-refractivity contribution in [2.45, 2.75) is 24.7 Å². The van der Waals surface area contributed by atoms with E-state index in [9.17, 15) is 18.7 Å². The number of ether oxygens (including phenoxy) is 1. The summed E-state index contributed by atoms with van der Waals surface area (Å²) in [4.78, 5) is 14.6. The highest BCUT2D eigenvalue weighted by Gasteiger charge is 2.25. The first-order valence-electron chi connectivity index (χ1n) is 8.12. The van der Waals surface area contributed by atoms with Crippen LogP contribution >= 0.6 is 0 Å². The molecule has 2 aromatic rings. The minimum atomic E-state index is -4.04. The molecule has 0 heterocycles. The van der Waals surface area contributed by atoms with E-state index in [0.29, 0.717) is 5.56 Å². The Labute approximate surface area is 158 Å². The highest BCUT2D eigenvalue weighted by atomic mass is 32.2. The summed E-state index contributed by atoms with van der Waals surface area (Å²) in [5.41, 5.74) is 10.7. The Morgan fingerprint density at radius 1 is 1.07 bits per heavy atom. The van der Waals surface area contributed by atoms with Crippen LogP contribution in [0, 0.1) is 6.92 Å². The molecule has 0 atom stereocenters. The average molecular weight is 385 g/mol. The average Bonchev–Trinajstić information content (AvgIpc) is 2.68. The van der Waals surface area contributed by atoms with Gasteiger partial charge in [0, 0.05) is 5.56 Å². The van der Waals surface area contributed by atoms with Crippen molar-refractivity contribution in [1.82, 2.24) is 0 Å². The molecule has 0 aliphatic rings. The lowest BCUT2D eigenvalue weighted by molar-refractivity contribution is -0.140. The maximum absolute atomic E-state index is 12.7. The maximum Gasteiger partial charge on any atom is 0.319 e. The number of rotatable bonds is 7. The third kappa shape index (κ3) is 5.44. The second-order valence-corrected chi connectivity index (χ2v) is 7.32. The topological polar surface area (TPSA) is 109 Å². The highest BCUT2D eigenvalue weighted by Crippen LogP contribution is 2.16.